The average Bonchev–Trinajstić information content (AvgIpc) is 2.94. The highest BCUT2D eigenvalue weighted by Gasteiger charge is 2.16. The van der Waals surface area contributed by atoms with Crippen molar-refractivity contribution in [3.05, 3.63) is 58.6 Å². The molecule has 2 heterocycles. The van der Waals surface area contributed by atoms with Gasteiger partial charge in [0.05, 0.1) is 10.3 Å². The molecule has 0 aliphatic rings. The van der Waals surface area contributed by atoms with Crippen molar-refractivity contribution in [2.75, 3.05) is 0 Å². The van der Waals surface area contributed by atoms with E-state index in [9.17, 15) is 14.9 Å². The molecule has 0 spiro atoms. The number of hydrogen-bond acceptors (Lipinski definition) is 5. The molecule has 2 aromatic heterocycles. The Morgan fingerprint density at radius 3 is 2.70 bits per heavy atom. The number of hydrogen-bond donors (Lipinski definition) is 0. The molecule has 0 atom stereocenters. The summed E-state index contributed by atoms with van der Waals surface area (Å²) in [6, 6.07) is 7.79. The Morgan fingerprint density at radius 1 is 1.15 bits per heavy atom. The summed E-state index contributed by atoms with van der Waals surface area (Å²) in [7, 11) is 0. The van der Waals surface area contributed by atoms with E-state index in [0.29, 0.717) is 28.4 Å². The van der Waals surface area contributed by atoms with Crippen LogP contribution in [0.25, 0.3) is 22.1 Å². The molecule has 0 amide bonds. The van der Waals surface area contributed by atoms with Crippen LogP contribution in [0.15, 0.2) is 47.1 Å². The Morgan fingerprint density at radius 2 is 2.00 bits per heavy atom. The van der Waals surface area contributed by atoms with E-state index in [4.69, 9.17) is 4.42 Å². The van der Waals surface area contributed by atoms with Crippen molar-refractivity contribution >= 4 is 22.7 Å². The minimum atomic E-state index is -0.439. The zero-order chi connectivity index (χ0) is 14.1. The number of non-ortho nitro benzene ring substituents is 1. The molecule has 0 N–H and O–H groups in total. The second kappa shape index (κ2) is 4.58. The van der Waals surface area contributed by atoms with Crippen molar-refractivity contribution in [2.45, 2.75) is 0 Å². The lowest BCUT2D eigenvalue weighted by atomic mass is 10.0. The third-order valence-corrected chi connectivity index (χ3v) is 3.00. The lowest BCUT2D eigenvalue weighted by molar-refractivity contribution is -0.383. The summed E-state index contributed by atoms with van der Waals surface area (Å²) in [5.41, 5.74) is 0.667. The van der Waals surface area contributed by atoms with Crippen molar-refractivity contribution in [3.63, 3.8) is 0 Å². The number of carbonyl (C=O) groups is 1. The molecule has 3 rings (SSSR count). The molecule has 0 radical (unpaired) electrons. The molecule has 0 bridgehead atoms. The van der Waals surface area contributed by atoms with Crippen LogP contribution in [-0.2, 0) is 0 Å². The summed E-state index contributed by atoms with van der Waals surface area (Å²) in [4.78, 5) is 25.2. The molecule has 0 saturated heterocycles. The predicted molar refractivity (Wildman–Crippen MR) is 71.5 cm³/mol. The molecule has 0 fully saturated rings. The van der Waals surface area contributed by atoms with E-state index in [2.05, 4.69) is 4.98 Å². The van der Waals surface area contributed by atoms with E-state index in [1.807, 2.05) is 0 Å². The number of fused-ring (bicyclic) bond motifs is 1. The van der Waals surface area contributed by atoms with E-state index in [1.54, 1.807) is 30.5 Å². The van der Waals surface area contributed by atoms with Crippen molar-refractivity contribution < 1.29 is 14.1 Å². The number of carbonyl (C=O) groups excluding carboxylic acids is 1. The summed E-state index contributed by atoms with van der Waals surface area (Å²) in [5.74, 6) is 0.676. The predicted octanol–water partition coefficient (Wildman–Crippen LogP) is 3.22. The highest BCUT2D eigenvalue weighted by Crippen LogP contribution is 2.34. The van der Waals surface area contributed by atoms with Crippen LogP contribution < -0.4 is 0 Å². The summed E-state index contributed by atoms with van der Waals surface area (Å²) >= 11 is 0. The number of aromatic nitrogens is 1. The zero-order valence-electron chi connectivity index (χ0n) is 10.1. The number of rotatable bonds is 3. The van der Waals surface area contributed by atoms with E-state index >= 15 is 0 Å². The molecule has 6 nitrogen and oxygen atoms in total. The largest absolute Gasteiger partial charge is 0.453 e. The molecule has 98 valence electrons. The van der Waals surface area contributed by atoms with Crippen LogP contribution in [0.2, 0.25) is 0 Å². The van der Waals surface area contributed by atoms with Gasteiger partial charge in [0.25, 0.3) is 5.69 Å². The average molecular weight is 268 g/mol. The van der Waals surface area contributed by atoms with Crippen LogP contribution in [0.1, 0.15) is 10.6 Å². The maximum Gasteiger partial charge on any atom is 0.277 e. The fourth-order valence-corrected chi connectivity index (χ4v) is 2.11. The quantitative estimate of drug-likeness (QED) is 0.413. The number of nitro groups is 1. The lowest BCUT2D eigenvalue weighted by Crippen LogP contribution is -1.91. The minimum absolute atomic E-state index is 0.00770. The molecule has 0 aliphatic heterocycles. The van der Waals surface area contributed by atoms with Crippen molar-refractivity contribution in [3.8, 4) is 11.3 Å². The Hall–Kier alpha value is -3.02. The summed E-state index contributed by atoms with van der Waals surface area (Å²) in [6.07, 6.45) is 3.65. The number of nitrogens with zero attached hydrogens (tertiary/aromatic N) is 2. The molecular formula is C14H8N2O4. The van der Waals surface area contributed by atoms with Gasteiger partial charge in [-0.1, -0.05) is 0 Å². The second-order valence-electron chi connectivity index (χ2n) is 4.13. The Bertz CT molecular complexity index is 823. The first-order chi connectivity index (χ1) is 9.70. The molecule has 0 saturated carbocycles. The minimum Gasteiger partial charge on any atom is -0.453 e. The van der Waals surface area contributed by atoms with Gasteiger partial charge in [-0.2, -0.15) is 0 Å². The van der Waals surface area contributed by atoms with Crippen LogP contribution in [-0.4, -0.2) is 16.2 Å². The van der Waals surface area contributed by atoms with Gasteiger partial charge in [0.15, 0.2) is 12.0 Å². The van der Waals surface area contributed by atoms with Crippen LogP contribution >= 0.6 is 0 Å². The first-order valence-electron chi connectivity index (χ1n) is 5.77. The Kier molecular flexibility index (Phi) is 2.76. The summed E-state index contributed by atoms with van der Waals surface area (Å²) in [6.45, 7) is 0. The highest BCUT2D eigenvalue weighted by molar-refractivity contribution is 6.00. The van der Waals surface area contributed by atoms with E-state index in [-0.39, 0.29) is 11.4 Å². The van der Waals surface area contributed by atoms with Crippen molar-refractivity contribution in [1.29, 1.82) is 0 Å². The topological polar surface area (TPSA) is 86.2 Å². The normalized spacial score (nSPS) is 10.6. The molecule has 6 heteroatoms. The Balaban J connectivity index is 2.30. The third-order valence-electron chi connectivity index (χ3n) is 3.00. The van der Waals surface area contributed by atoms with E-state index in [1.165, 1.54) is 12.3 Å². The molecular weight excluding hydrogens is 260 g/mol. The van der Waals surface area contributed by atoms with Crippen LogP contribution in [0.4, 0.5) is 5.69 Å². The smallest absolute Gasteiger partial charge is 0.277 e. The van der Waals surface area contributed by atoms with Gasteiger partial charge in [-0.15, -0.1) is 0 Å². The van der Waals surface area contributed by atoms with Gasteiger partial charge in [-0.25, -0.2) is 0 Å². The Labute approximate surface area is 112 Å². The van der Waals surface area contributed by atoms with E-state index in [0.717, 1.165) is 0 Å². The summed E-state index contributed by atoms with van der Waals surface area (Å²) in [5, 5.41) is 12.1. The fourth-order valence-electron chi connectivity index (χ4n) is 2.11. The van der Waals surface area contributed by atoms with Gasteiger partial charge < -0.3 is 4.42 Å². The first-order valence-corrected chi connectivity index (χ1v) is 5.77. The van der Waals surface area contributed by atoms with Gasteiger partial charge >= 0.3 is 0 Å². The molecule has 20 heavy (non-hydrogen) atoms. The van der Waals surface area contributed by atoms with Gasteiger partial charge in [0.2, 0.25) is 0 Å². The highest BCUT2D eigenvalue weighted by atomic mass is 16.6. The summed E-state index contributed by atoms with van der Waals surface area (Å²) < 4.78 is 5.36. The van der Waals surface area contributed by atoms with Crippen molar-refractivity contribution in [2.24, 2.45) is 0 Å². The molecule has 0 unspecified atom stereocenters. The van der Waals surface area contributed by atoms with E-state index < -0.39 is 4.92 Å². The fraction of sp³-hybridized carbons (Fsp3) is 0. The van der Waals surface area contributed by atoms with Crippen molar-refractivity contribution in [1.82, 2.24) is 4.98 Å². The van der Waals surface area contributed by atoms with Crippen LogP contribution in [0, 0.1) is 10.1 Å². The van der Waals surface area contributed by atoms with Gasteiger partial charge in [-0.05, 0) is 24.3 Å². The van der Waals surface area contributed by atoms with Crippen LogP contribution in [0.5, 0.6) is 0 Å². The van der Waals surface area contributed by atoms with Gasteiger partial charge in [-0.3, -0.25) is 19.9 Å². The SMILES string of the molecule is O=Cc1ccc(-c2ccc([N+](=O)[O-])c3ccncc23)o1. The maximum absolute atomic E-state index is 11.0. The number of aldehydes is 1. The van der Waals surface area contributed by atoms with Crippen LogP contribution in [0.3, 0.4) is 0 Å². The third kappa shape index (κ3) is 1.83. The number of pyridine rings is 1. The van der Waals surface area contributed by atoms with Gasteiger partial charge in [0.1, 0.15) is 5.76 Å². The second-order valence-corrected chi connectivity index (χ2v) is 4.13. The standard InChI is InChI=1S/C14H8N2O4/c17-8-9-1-4-14(20-9)11-2-3-13(16(18)19)10-5-6-15-7-12(10)11/h1-8H. The monoisotopic (exact) mass is 268 g/mol. The van der Waals surface area contributed by atoms with Gasteiger partial charge in [0, 0.05) is 29.4 Å². The zero-order valence-corrected chi connectivity index (χ0v) is 10.1. The number of nitro benzene ring substituents is 1. The molecule has 0 aliphatic carbocycles. The number of benzene rings is 1. The molecule has 3 aromatic rings. The maximum atomic E-state index is 11.0. The lowest BCUT2D eigenvalue weighted by Gasteiger charge is -2.04. The number of furan rings is 1. The molecule has 1 aromatic carbocycles. The first kappa shape index (κ1) is 12.0.